The summed E-state index contributed by atoms with van der Waals surface area (Å²) >= 11 is 4.52. The van der Waals surface area contributed by atoms with Crippen LogP contribution in [-0.4, -0.2) is 28.5 Å². The third-order valence-corrected chi connectivity index (χ3v) is 4.20. The van der Waals surface area contributed by atoms with Crippen LogP contribution < -0.4 is 11.1 Å². The maximum absolute atomic E-state index is 12.0. The Balaban J connectivity index is 2.15. The van der Waals surface area contributed by atoms with Gasteiger partial charge in [0.15, 0.2) is 0 Å². The van der Waals surface area contributed by atoms with E-state index in [1.165, 1.54) is 17.4 Å². The molecule has 1 aromatic carbocycles. The van der Waals surface area contributed by atoms with Crippen LogP contribution in [0.2, 0.25) is 0 Å². The first kappa shape index (κ1) is 15.6. The highest BCUT2D eigenvalue weighted by Crippen LogP contribution is 2.22. The van der Waals surface area contributed by atoms with Gasteiger partial charge in [0.05, 0.1) is 10.6 Å². The van der Waals surface area contributed by atoms with E-state index in [0.717, 1.165) is 5.01 Å². The van der Waals surface area contributed by atoms with Crippen molar-refractivity contribution < 1.29 is 14.7 Å². The fourth-order valence-corrected chi connectivity index (χ4v) is 2.83. The molecule has 0 bridgehead atoms. The van der Waals surface area contributed by atoms with Gasteiger partial charge >= 0.3 is 5.97 Å². The number of aromatic carboxylic acids is 1. The lowest BCUT2D eigenvalue weighted by Crippen LogP contribution is -2.13. The molecule has 4 N–H and O–H groups in total. The topological polar surface area (TPSA) is 105 Å². The number of nitrogens with two attached hydrogens (primary N) is 1. The van der Waals surface area contributed by atoms with Gasteiger partial charge in [-0.05, 0) is 40.7 Å². The lowest BCUT2D eigenvalue weighted by atomic mass is 10.2. The van der Waals surface area contributed by atoms with E-state index in [2.05, 4.69) is 26.2 Å². The quantitative estimate of drug-likeness (QED) is 0.749. The first-order valence-corrected chi connectivity index (χ1v) is 7.67. The van der Waals surface area contributed by atoms with Crippen molar-refractivity contribution in [3.8, 4) is 0 Å². The molecule has 6 nitrogen and oxygen atoms in total. The molecule has 0 radical (unpaired) electrons. The highest BCUT2D eigenvalue weighted by atomic mass is 79.9. The van der Waals surface area contributed by atoms with Crippen LogP contribution in [0.3, 0.4) is 0 Å². The van der Waals surface area contributed by atoms with E-state index in [4.69, 9.17) is 10.8 Å². The molecule has 2 aromatic rings. The zero-order chi connectivity index (χ0) is 15.4. The van der Waals surface area contributed by atoms with E-state index in [1.807, 2.05) is 0 Å². The zero-order valence-electron chi connectivity index (χ0n) is 10.8. The molecule has 0 aliphatic carbocycles. The molecule has 0 atom stereocenters. The Morgan fingerprint density at radius 3 is 2.86 bits per heavy atom. The number of carbonyl (C=O) groups is 2. The highest BCUT2D eigenvalue weighted by molar-refractivity contribution is 9.10. The molecule has 0 aliphatic rings. The van der Waals surface area contributed by atoms with Gasteiger partial charge in [-0.3, -0.25) is 4.79 Å². The Bertz CT molecular complexity index is 687. The summed E-state index contributed by atoms with van der Waals surface area (Å²) in [6, 6.07) is 4.57. The summed E-state index contributed by atoms with van der Waals surface area (Å²) in [6.07, 6.45) is 0.624. The Labute approximate surface area is 133 Å². The SMILES string of the molecule is NCCc1nc(C(=O)Nc2ccc(Br)c(C(=O)O)c2)cs1. The van der Waals surface area contributed by atoms with Gasteiger partial charge in [-0.2, -0.15) is 0 Å². The van der Waals surface area contributed by atoms with Gasteiger partial charge in [0.1, 0.15) is 5.69 Å². The minimum Gasteiger partial charge on any atom is -0.478 e. The van der Waals surface area contributed by atoms with Crippen LogP contribution in [0.1, 0.15) is 25.9 Å². The summed E-state index contributed by atoms with van der Waals surface area (Å²) in [5.41, 5.74) is 6.21. The van der Waals surface area contributed by atoms with Crippen molar-refractivity contribution in [2.24, 2.45) is 5.73 Å². The number of thiazole rings is 1. The number of anilines is 1. The number of aromatic nitrogens is 1. The average molecular weight is 370 g/mol. The number of carbonyl (C=O) groups excluding carboxylic acids is 1. The molecule has 1 aromatic heterocycles. The first-order valence-electron chi connectivity index (χ1n) is 6.00. The number of amides is 1. The molecular weight excluding hydrogens is 358 g/mol. The van der Waals surface area contributed by atoms with E-state index in [-0.39, 0.29) is 11.5 Å². The molecule has 2 rings (SSSR count). The van der Waals surface area contributed by atoms with Crippen molar-refractivity contribution in [1.29, 1.82) is 0 Å². The number of carboxylic acids is 1. The van der Waals surface area contributed by atoms with Gasteiger partial charge < -0.3 is 16.2 Å². The van der Waals surface area contributed by atoms with Gasteiger partial charge in [0.2, 0.25) is 0 Å². The molecule has 0 fully saturated rings. The van der Waals surface area contributed by atoms with Crippen molar-refractivity contribution in [2.75, 3.05) is 11.9 Å². The second-order valence-electron chi connectivity index (χ2n) is 4.12. The number of halogens is 1. The van der Waals surface area contributed by atoms with Crippen LogP contribution in [0.25, 0.3) is 0 Å². The average Bonchev–Trinajstić information content (AvgIpc) is 2.90. The summed E-state index contributed by atoms with van der Waals surface area (Å²) < 4.78 is 0.451. The molecule has 0 saturated heterocycles. The van der Waals surface area contributed by atoms with E-state index in [1.54, 1.807) is 17.5 Å². The standard InChI is InChI=1S/C13H12BrN3O3S/c14-9-2-1-7(5-8(9)13(19)20)16-12(18)10-6-21-11(17-10)3-4-15/h1-2,5-6H,3-4,15H2,(H,16,18)(H,19,20). The molecule has 0 spiro atoms. The summed E-state index contributed by atoms with van der Waals surface area (Å²) in [7, 11) is 0. The number of hydrogen-bond donors (Lipinski definition) is 3. The predicted octanol–water partition coefficient (Wildman–Crippen LogP) is 2.36. The maximum Gasteiger partial charge on any atom is 0.336 e. The molecule has 0 aliphatic heterocycles. The van der Waals surface area contributed by atoms with E-state index < -0.39 is 5.97 Å². The fourth-order valence-electron chi connectivity index (χ4n) is 1.62. The lowest BCUT2D eigenvalue weighted by molar-refractivity contribution is 0.0695. The Kier molecular flexibility index (Phi) is 5.05. The monoisotopic (exact) mass is 369 g/mol. The van der Waals surface area contributed by atoms with E-state index >= 15 is 0 Å². The Morgan fingerprint density at radius 2 is 2.19 bits per heavy atom. The smallest absolute Gasteiger partial charge is 0.336 e. The van der Waals surface area contributed by atoms with Crippen molar-refractivity contribution in [3.63, 3.8) is 0 Å². The van der Waals surface area contributed by atoms with Crippen LogP contribution in [0.4, 0.5) is 5.69 Å². The Hall–Kier alpha value is -1.77. The first-order chi connectivity index (χ1) is 10.0. The van der Waals surface area contributed by atoms with Crippen molar-refractivity contribution >= 4 is 44.8 Å². The number of hydrogen-bond acceptors (Lipinski definition) is 5. The van der Waals surface area contributed by atoms with Crippen LogP contribution in [0, 0.1) is 0 Å². The molecule has 1 heterocycles. The number of rotatable bonds is 5. The molecule has 0 saturated carbocycles. The second kappa shape index (κ2) is 6.79. The number of nitrogens with zero attached hydrogens (tertiary/aromatic N) is 1. The van der Waals surface area contributed by atoms with Gasteiger partial charge in [0.25, 0.3) is 5.91 Å². The van der Waals surface area contributed by atoms with Crippen molar-refractivity contribution in [1.82, 2.24) is 4.98 Å². The third kappa shape index (κ3) is 3.87. The fraction of sp³-hybridized carbons (Fsp3) is 0.154. The zero-order valence-corrected chi connectivity index (χ0v) is 13.2. The highest BCUT2D eigenvalue weighted by Gasteiger charge is 2.13. The van der Waals surface area contributed by atoms with Crippen molar-refractivity contribution in [2.45, 2.75) is 6.42 Å². The molecule has 0 unspecified atom stereocenters. The predicted molar refractivity (Wildman–Crippen MR) is 83.9 cm³/mol. The van der Waals surface area contributed by atoms with Crippen LogP contribution in [0.5, 0.6) is 0 Å². The van der Waals surface area contributed by atoms with Crippen molar-refractivity contribution in [3.05, 3.63) is 44.3 Å². The molecule has 110 valence electrons. The largest absolute Gasteiger partial charge is 0.478 e. The third-order valence-electron chi connectivity index (χ3n) is 2.60. The number of carboxylic acid groups (broad SMARTS) is 1. The van der Waals surface area contributed by atoms with Crippen LogP contribution >= 0.6 is 27.3 Å². The van der Waals surface area contributed by atoms with Gasteiger partial charge in [0, 0.05) is 22.0 Å². The molecular formula is C13H12BrN3O3S. The van der Waals surface area contributed by atoms with Gasteiger partial charge in [-0.25, -0.2) is 9.78 Å². The lowest BCUT2D eigenvalue weighted by Gasteiger charge is -2.05. The second-order valence-corrected chi connectivity index (χ2v) is 5.92. The molecule has 8 heteroatoms. The summed E-state index contributed by atoms with van der Waals surface area (Å²) in [5.74, 6) is -1.45. The maximum atomic E-state index is 12.0. The summed E-state index contributed by atoms with van der Waals surface area (Å²) in [4.78, 5) is 27.3. The van der Waals surface area contributed by atoms with Gasteiger partial charge in [-0.15, -0.1) is 11.3 Å². The van der Waals surface area contributed by atoms with Crippen LogP contribution in [0.15, 0.2) is 28.1 Å². The summed E-state index contributed by atoms with van der Waals surface area (Å²) in [6.45, 7) is 0.475. The minimum absolute atomic E-state index is 0.0786. The molecule has 21 heavy (non-hydrogen) atoms. The molecule has 1 amide bonds. The van der Waals surface area contributed by atoms with Crippen LogP contribution in [-0.2, 0) is 6.42 Å². The Morgan fingerprint density at radius 1 is 1.43 bits per heavy atom. The number of benzene rings is 1. The minimum atomic E-state index is -1.07. The number of nitrogens with one attached hydrogen (secondary N) is 1. The van der Waals surface area contributed by atoms with Gasteiger partial charge in [-0.1, -0.05) is 0 Å². The van der Waals surface area contributed by atoms with E-state index in [9.17, 15) is 9.59 Å². The van der Waals surface area contributed by atoms with E-state index in [0.29, 0.717) is 28.8 Å². The normalized spacial score (nSPS) is 10.4. The summed E-state index contributed by atoms with van der Waals surface area (Å²) in [5, 5.41) is 14.1.